The molecule has 1 amide bonds. The molecule has 0 heterocycles. The Hall–Kier alpha value is -1.02. The molecule has 0 aliphatic heterocycles. The topological polar surface area (TPSA) is 29.1 Å². The molecule has 1 aromatic carbocycles. The van der Waals surface area contributed by atoms with Crippen LogP contribution in [0.1, 0.15) is 31.9 Å². The molecule has 1 aromatic rings. The quantitative estimate of drug-likeness (QED) is 0.802. The SMILES string of the molecule is CCc1cccc(CC)c1NC(=O)C(C)Cl. The van der Waals surface area contributed by atoms with E-state index in [1.165, 1.54) is 0 Å². The van der Waals surface area contributed by atoms with E-state index in [2.05, 4.69) is 19.2 Å². The van der Waals surface area contributed by atoms with Gasteiger partial charge < -0.3 is 5.32 Å². The summed E-state index contributed by atoms with van der Waals surface area (Å²) in [6.07, 6.45) is 1.81. The standard InChI is InChI=1S/C13H18ClNO/c1-4-10-7-6-8-11(5-2)12(10)15-13(16)9(3)14/h6-9H,4-5H2,1-3H3,(H,15,16). The molecular weight excluding hydrogens is 222 g/mol. The highest BCUT2D eigenvalue weighted by Gasteiger charge is 2.13. The van der Waals surface area contributed by atoms with Crippen LogP contribution in [0, 0.1) is 0 Å². The van der Waals surface area contributed by atoms with Crippen molar-refractivity contribution in [3.8, 4) is 0 Å². The highest BCUT2D eigenvalue weighted by Crippen LogP contribution is 2.23. The summed E-state index contributed by atoms with van der Waals surface area (Å²) in [5.74, 6) is -0.141. The molecule has 1 N–H and O–H groups in total. The number of amides is 1. The molecule has 0 saturated heterocycles. The van der Waals surface area contributed by atoms with E-state index in [0.717, 1.165) is 29.7 Å². The van der Waals surface area contributed by atoms with E-state index < -0.39 is 5.38 Å². The van der Waals surface area contributed by atoms with Crippen LogP contribution in [0.4, 0.5) is 5.69 Å². The van der Waals surface area contributed by atoms with Gasteiger partial charge in [-0.25, -0.2) is 0 Å². The first-order valence-electron chi connectivity index (χ1n) is 5.65. The van der Waals surface area contributed by atoms with Crippen LogP contribution in [0.3, 0.4) is 0 Å². The molecule has 0 aliphatic rings. The Kier molecular flexibility index (Phi) is 4.81. The van der Waals surface area contributed by atoms with E-state index in [0.29, 0.717) is 0 Å². The lowest BCUT2D eigenvalue weighted by molar-refractivity contribution is -0.115. The number of carbonyl (C=O) groups is 1. The van der Waals surface area contributed by atoms with Crippen molar-refractivity contribution < 1.29 is 4.79 Å². The molecule has 1 unspecified atom stereocenters. The van der Waals surface area contributed by atoms with Crippen molar-refractivity contribution >= 4 is 23.2 Å². The van der Waals surface area contributed by atoms with Crippen LogP contribution in [0.15, 0.2) is 18.2 Å². The monoisotopic (exact) mass is 239 g/mol. The van der Waals surface area contributed by atoms with Crippen molar-refractivity contribution in [1.82, 2.24) is 0 Å². The van der Waals surface area contributed by atoms with Crippen molar-refractivity contribution in [3.63, 3.8) is 0 Å². The summed E-state index contributed by atoms with van der Waals surface area (Å²) in [5, 5.41) is 2.40. The predicted molar refractivity (Wildman–Crippen MR) is 69.1 cm³/mol. The van der Waals surface area contributed by atoms with Crippen LogP contribution in [0.2, 0.25) is 0 Å². The van der Waals surface area contributed by atoms with Gasteiger partial charge in [0.1, 0.15) is 5.38 Å². The van der Waals surface area contributed by atoms with Crippen LogP contribution in [-0.2, 0) is 17.6 Å². The van der Waals surface area contributed by atoms with Gasteiger partial charge in [-0.2, -0.15) is 0 Å². The number of aryl methyl sites for hydroxylation is 2. The molecule has 2 nitrogen and oxygen atoms in total. The van der Waals surface area contributed by atoms with Gasteiger partial charge in [0.25, 0.3) is 0 Å². The lowest BCUT2D eigenvalue weighted by Gasteiger charge is -2.15. The molecule has 0 spiro atoms. The summed E-state index contributed by atoms with van der Waals surface area (Å²) in [6.45, 7) is 5.83. The summed E-state index contributed by atoms with van der Waals surface area (Å²) in [7, 11) is 0. The normalized spacial score (nSPS) is 12.2. The van der Waals surface area contributed by atoms with Gasteiger partial charge in [0, 0.05) is 5.69 Å². The van der Waals surface area contributed by atoms with Gasteiger partial charge in [-0.05, 0) is 30.9 Å². The van der Waals surface area contributed by atoms with Crippen molar-refractivity contribution in [2.75, 3.05) is 5.32 Å². The molecule has 16 heavy (non-hydrogen) atoms. The largest absolute Gasteiger partial charge is 0.324 e. The first kappa shape index (κ1) is 13.0. The Morgan fingerprint density at radius 1 is 1.31 bits per heavy atom. The number of para-hydroxylation sites is 1. The number of alkyl halides is 1. The fourth-order valence-corrected chi connectivity index (χ4v) is 1.68. The van der Waals surface area contributed by atoms with Gasteiger partial charge in [-0.1, -0.05) is 32.0 Å². The highest BCUT2D eigenvalue weighted by molar-refractivity contribution is 6.32. The molecule has 0 bridgehead atoms. The maximum atomic E-state index is 11.6. The summed E-state index contributed by atoms with van der Waals surface area (Å²) in [4.78, 5) is 11.6. The fourth-order valence-electron chi connectivity index (χ4n) is 1.63. The van der Waals surface area contributed by atoms with Crippen molar-refractivity contribution in [3.05, 3.63) is 29.3 Å². The lowest BCUT2D eigenvalue weighted by atomic mass is 10.0. The number of hydrogen-bond acceptors (Lipinski definition) is 1. The number of anilines is 1. The first-order chi connectivity index (χ1) is 7.60. The van der Waals surface area contributed by atoms with E-state index in [9.17, 15) is 4.79 Å². The van der Waals surface area contributed by atoms with Gasteiger partial charge in [0.15, 0.2) is 0 Å². The minimum Gasteiger partial charge on any atom is -0.324 e. The van der Waals surface area contributed by atoms with E-state index in [4.69, 9.17) is 11.6 Å². The molecule has 1 atom stereocenters. The molecule has 0 saturated carbocycles. The summed E-state index contributed by atoms with van der Waals surface area (Å²) >= 11 is 5.76. The molecule has 88 valence electrons. The van der Waals surface area contributed by atoms with E-state index >= 15 is 0 Å². The third-order valence-electron chi connectivity index (χ3n) is 2.61. The van der Waals surface area contributed by atoms with E-state index in [1.807, 2.05) is 18.2 Å². The van der Waals surface area contributed by atoms with Crippen LogP contribution in [0.5, 0.6) is 0 Å². The number of halogens is 1. The van der Waals surface area contributed by atoms with Crippen LogP contribution in [0.25, 0.3) is 0 Å². The Balaban J connectivity index is 3.04. The van der Waals surface area contributed by atoms with Crippen LogP contribution < -0.4 is 5.32 Å². The molecular formula is C13H18ClNO. The Labute approximate surface area is 102 Å². The Morgan fingerprint density at radius 3 is 2.19 bits per heavy atom. The van der Waals surface area contributed by atoms with Crippen LogP contribution >= 0.6 is 11.6 Å². The Bertz CT molecular complexity index is 352. The third-order valence-corrected chi connectivity index (χ3v) is 2.81. The number of hydrogen-bond donors (Lipinski definition) is 1. The van der Waals surface area contributed by atoms with Gasteiger partial charge in [-0.3, -0.25) is 4.79 Å². The first-order valence-corrected chi connectivity index (χ1v) is 6.09. The fraction of sp³-hybridized carbons (Fsp3) is 0.462. The summed E-state index contributed by atoms with van der Waals surface area (Å²) in [6, 6.07) is 6.10. The smallest absolute Gasteiger partial charge is 0.242 e. The zero-order valence-corrected chi connectivity index (χ0v) is 10.8. The highest BCUT2D eigenvalue weighted by atomic mass is 35.5. The second-order valence-electron chi connectivity index (χ2n) is 3.76. The predicted octanol–water partition coefficient (Wildman–Crippen LogP) is 3.38. The second kappa shape index (κ2) is 5.90. The second-order valence-corrected chi connectivity index (χ2v) is 4.42. The molecule has 0 fully saturated rings. The maximum Gasteiger partial charge on any atom is 0.242 e. The molecule has 3 heteroatoms. The van der Waals surface area contributed by atoms with Crippen molar-refractivity contribution in [2.24, 2.45) is 0 Å². The van der Waals surface area contributed by atoms with Crippen molar-refractivity contribution in [1.29, 1.82) is 0 Å². The average Bonchev–Trinajstić information content (AvgIpc) is 2.29. The molecule has 0 radical (unpaired) electrons. The minimum atomic E-state index is -0.505. The average molecular weight is 240 g/mol. The van der Waals surface area contributed by atoms with E-state index in [-0.39, 0.29) is 5.91 Å². The van der Waals surface area contributed by atoms with Crippen molar-refractivity contribution in [2.45, 2.75) is 39.0 Å². The zero-order valence-electron chi connectivity index (χ0n) is 10.0. The molecule has 0 aromatic heterocycles. The summed E-state index contributed by atoms with van der Waals surface area (Å²) < 4.78 is 0. The zero-order chi connectivity index (χ0) is 12.1. The number of rotatable bonds is 4. The number of carbonyl (C=O) groups excluding carboxylic acids is 1. The van der Waals surface area contributed by atoms with Gasteiger partial charge in [-0.15, -0.1) is 11.6 Å². The number of nitrogens with one attached hydrogen (secondary N) is 1. The van der Waals surface area contributed by atoms with Gasteiger partial charge in [0.2, 0.25) is 5.91 Å². The van der Waals surface area contributed by atoms with Gasteiger partial charge >= 0.3 is 0 Å². The number of benzene rings is 1. The Morgan fingerprint density at radius 2 is 1.81 bits per heavy atom. The van der Waals surface area contributed by atoms with Crippen LogP contribution in [-0.4, -0.2) is 11.3 Å². The molecule has 0 aliphatic carbocycles. The summed E-state index contributed by atoms with van der Waals surface area (Å²) in [5.41, 5.74) is 3.25. The minimum absolute atomic E-state index is 0.141. The van der Waals surface area contributed by atoms with E-state index in [1.54, 1.807) is 6.92 Å². The third kappa shape index (κ3) is 2.99. The lowest BCUT2D eigenvalue weighted by Crippen LogP contribution is -2.22. The van der Waals surface area contributed by atoms with Gasteiger partial charge in [0.05, 0.1) is 0 Å². The maximum absolute atomic E-state index is 11.6. The molecule has 1 rings (SSSR count).